The number of benzene rings is 6. The van der Waals surface area contributed by atoms with Crippen LogP contribution in [0, 0.1) is 0 Å². The molecule has 0 saturated heterocycles. The fourth-order valence-corrected chi connectivity index (χ4v) is 18.1. The predicted octanol–water partition coefficient (Wildman–Crippen LogP) is 21.6. The fourth-order valence-electron chi connectivity index (χ4n) is 14.9. The number of aliphatic imine (C=N–C) groups is 1. The molecule has 10 N–H and O–H groups in total. The zero-order chi connectivity index (χ0) is 94.0. The molecule has 6 aliphatic heterocycles. The van der Waals surface area contributed by atoms with E-state index in [-0.39, 0.29) is 45.2 Å². The van der Waals surface area contributed by atoms with Crippen molar-refractivity contribution in [1.29, 1.82) is 0 Å². The van der Waals surface area contributed by atoms with E-state index in [1.54, 1.807) is 72.9 Å². The highest BCUT2D eigenvalue weighted by atomic mass is 35.5. The number of anilines is 5. The summed E-state index contributed by atoms with van der Waals surface area (Å²) in [4.78, 5) is 88.6. The van der Waals surface area contributed by atoms with Gasteiger partial charge in [-0.25, -0.2) is 14.4 Å². The number of fused-ring (bicyclic) bond motifs is 6. The van der Waals surface area contributed by atoms with E-state index in [9.17, 15) is 37.1 Å². The molecule has 0 saturated carbocycles. The Hall–Kier alpha value is -9.09. The number of hydrogen-bond acceptors (Lipinski definition) is 24. The fraction of sp³-hybridized carbons (Fsp3) is 0.426. The molecule has 0 radical (unpaired) electrons. The number of nitrogens with one attached hydrogen (secondary N) is 4. The van der Waals surface area contributed by atoms with Crippen LogP contribution in [0.1, 0.15) is 161 Å². The third-order valence-electron chi connectivity index (χ3n) is 21.3. The first-order valence-electron chi connectivity index (χ1n) is 42.6. The number of nitrogens with two attached hydrogens (primary N) is 3. The Labute approximate surface area is 811 Å². The second kappa shape index (κ2) is 49.8. The molecule has 6 aromatic carbocycles. The van der Waals surface area contributed by atoms with Crippen molar-refractivity contribution in [3.05, 3.63) is 236 Å². The summed E-state index contributed by atoms with van der Waals surface area (Å²) in [6.07, 6.45) is 13.3. The highest BCUT2D eigenvalue weighted by Gasteiger charge is 2.43. The minimum atomic E-state index is -4.83. The third-order valence-corrected chi connectivity index (χ3v) is 26.2. The van der Waals surface area contributed by atoms with Crippen LogP contribution < -0.4 is 38.5 Å². The quantitative estimate of drug-likeness (QED) is 0.0306. The molecular weight excluding hydrogens is 1880 g/mol. The number of aldehydes is 1. The number of ether oxygens (including phenoxy) is 3. The lowest BCUT2D eigenvalue weighted by Gasteiger charge is -2.26. The van der Waals surface area contributed by atoms with Gasteiger partial charge < -0.3 is 72.3 Å². The van der Waals surface area contributed by atoms with Gasteiger partial charge in [0.2, 0.25) is 0 Å². The van der Waals surface area contributed by atoms with Crippen LogP contribution in [0.4, 0.5) is 61.7 Å². The Morgan fingerprint density at radius 1 is 0.412 bits per heavy atom. The zero-order valence-corrected chi connectivity index (χ0v) is 81.9. The second-order valence-electron chi connectivity index (χ2n) is 34.0. The molecule has 37 heteroatoms. The van der Waals surface area contributed by atoms with Gasteiger partial charge in [-0.15, -0.1) is 45.3 Å². The average molecular weight is 2000 g/mol. The highest BCUT2D eigenvalue weighted by molar-refractivity contribution is 7.11. The highest BCUT2D eigenvalue weighted by Crippen LogP contribution is 2.39. The monoisotopic (exact) mass is 1990 g/mol. The lowest BCUT2D eigenvalue weighted by atomic mass is 10.0. The van der Waals surface area contributed by atoms with Gasteiger partial charge in [-0.05, 0) is 269 Å². The van der Waals surface area contributed by atoms with Gasteiger partial charge in [-0.2, -0.15) is 13.2 Å². The maximum atomic E-state index is 12.4. The van der Waals surface area contributed by atoms with Crippen LogP contribution in [0.2, 0.25) is 30.1 Å². The van der Waals surface area contributed by atoms with E-state index in [2.05, 4.69) is 64.4 Å². The number of rotatable bonds is 9. The molecule has 16 rings (SSSR count). The first kappa shape index (κ1) is 106. The van der Waals surface area contributed by atoms with Gasteiger partial charge >= 0.3 is 30.4 Å². The first-order chi connectivity index (χ1) is 61.8. The number of nitrogens with zero attached hydrogens (tertiary/aromatic N) is 9. The van der Waals surface area contributed by atoms with E-state index in [1.807, 2.05) is 128 Å². The normalized spacial score (nSPS) is 14.8. The van der Waals surface area contributed by atoms with Gasteiger partial charge in [-0.1, -0.05) is 113 Å². The summed E-state index contributed by atoms with van der Waals surface area (Å²) in [6, 6.07) is 23.2. The average Bonchev–Trinajstić information content (AvgIpc) is 1.75. The summed E-state index contributed by atoms with van der Waals surface area (Å²) in [5.74, 6) is -1.80. The molecule has 0 spiro atoms. The number of carbonyl (C=O) groups excluding carboxylic acids is 5. The van der Waals surface area contributed by atoms with E-state index in [0.717, 1.165) is 161 Å². The summed E-state index contributed by atoms with van der Waals surface area (Å²) >= 11 is 43.3. The molecule has 0 fully saturated rings. The number of aromatic nitrogens is 4. The molecule has 0 aliphatic carbocycles. The van der Waals surface area contributed by atoms with Crippen molar-refractivity contribution in [1.82, 2.24) is 50.2 Å². The van der Waals surface area contributed by atoms with Crippen molar-refractivity contribution < 1.29 is 51.4 Å². The summed E-state index contributed by atoms with van der Waals surface area (Å²) < 4.78 is 53.6. The van der Waals surface area contributed by atoms with Crippen molar-refractivity contribution in [2.75, 3.05) is 106 Å². The van der Waals surface area contributed by atoms with Crippen LogP contribution in [0.3, 0.4) is 0 Å². The molecule has 0 bridgehead atoms. The summed E-state index contributed by atoms with van der Waals surface area (Å²) in [5, 5.41) is 17.5. The van der Waals surface area contributed by atoms with Crippen molar-refractivity contribution in [2.45, 2.75) is 183 Å². The number of nitrogen functional groups attached to an aromatic ring is 3. The van der Waals surface area contributed by atoms with Crippen LogP contribution >= 0.6 is 115 Å². The number of alkyl halides is 3. The molecule has 0 atom stereocenters. The maximum absolute atomic E-state index is 12.4. The molecule has 24 nitrogen and oxygen atoms in total. The Bertz CT molecular complexity index is 5470. The molecule has 4 amide bonds. The van der Waals surface area contributed by atoms with Crippen molar-refractivity contribution in [3.63, 3.8) is 0 Å². The molecule has 0 unspecified atom stereocenters. The first-order valence-corrected chi connectivity index (χ1v) is 48.4. The van der Waals surface area contributed by atoms with Crippen LogP contribution in [0.5, 0.6) is 0 Å². The van der Waals surface area contributed by atoms with Crippen LogP contribution in [-0.2, 0) is 109 Å². The van der Waals surface area contributed by atoms with Crippen LogP contribution in [-0.4, -0.2) is 178 Å². The standard InChI is InChI=1S/C19H24ClN3O2S.C19H22ClN3O2S.C15H21ClN2O2.C14H16ClN3S.C12H12ClF3N2O.C10H13ClN2.C4H3NOS.CH4/c2*1-19(2,3)25-18(24)23-8-6-13-4-5-16(20)17(15(13)7-9-23)22-11-14-10-21-12-26-14;1-15(2,3)20-14(19)18-8-6-10-4-5-12(16)13(17)11(10)7-9-18;15-13-2-1-10-3-5-16-6-4-12(10)14(13)18-8-11-7-17-9-19-11;13-9-2-1-7-3-5-18(11(19)12(14,15)16)6-4-8(7)10(9)17;11-9-2-1-7-3-5-13-6-4-8(7)10(9)12;6-2-4-1-5-3-7-4;/h4-5,10,12,22H,6-9,11H2,1-3H3;4-5,10-12H,6-9H2,1-3H3;4-5H,6-9,17H2,1-3H3;1-2,7,9,16,18H,3-6,8H2;1-2H,3-6,17H2;1-2,13H,3-6,12H2;1-3H;1H4. The van der Waals surface area contributed by atoms with E-state index >= 15 is 0 Å². The minimum Gasteiger partial charge on any atom is -0.444 e. The number of carbonyl (C=O) groups is 5. The summed E-state index contributed by atoms with van der Waals surface area (Å²) in [7, 11) is 0. The SMILES string of the molecule is C.CC(C)(C)OC(=O)N1CCc2ccc(Cl)c(N)c2CC1.CC(C)(C)OC(=O)N1CCc2ccc(Cl)c(N=Cc3cncs3)c2CC1.CC(C)(C)OC(=O)N1CCc2ccc(Cl)c(NCc3cncs3)c2CC1.Clc1ccc2c(c1NCc1cncs1)CCNCC2.Nc1c(Cl)ccc2c1CCN(C(=O)C(F)(F)F)CC2.Nc1c(Cl)ccc2c1CCNCC2.O=Cc1cncs1. The number of thiazole rings is 4. The number of hydrogen-bond donors (Lipinski definition) is 7. The van der Waals surface area contributed by atoms with Crippen molar-refractivity contribution in [2.24, 2.45) is 4.99 Å². The summed E-state index contributed by atoms with van der Waals surface area (Å²) in [6.45, 7) is 26.2. The molecule has 4 aromatic heterocycles. The second-order valence-corrected chi connectivity index (χ2v) is 40.2. The topological polar surface area (TPSA) is 316 Å². The van der Waals surface area contributed by atoms with Gasteiger partial charge in [0, 0.05) is 93.1 Å². The lowest BCUT2D eigenvalue weighted by molar-refractivity contribution is -0.185. The summed E-state index contributed by atoms with van der Waals surface area (Å²) in [5.41, 5.74) is 41.9. The Kier molecular flexibility index (Phi) is 40.1. The van der Waals surface area contributed by atoms with Crippen molar-refractivity contribution >= 4 is 186 Å². The van der Waals surface area contributed by atoms with Gasteiger partial charge in [0.25, 0.3) is 0 Å². The van der Waals surface area contributed by atoms with Gasteiger partial charge in [-0.3, -0.25) is 34.5 Å². The smallest absolute Gasteiger partial charge is 0.444 e. The molecule has 6 aliphatic rings. The Morgan fingerprint density at radius 3 is 1.10 bits per heavy atom. The van der Waals surface area contributed by atoms with E-state index in [0.29, 0.717) is 106 Å². The van der Waals surface area contributed by atoms with Crippen LogP contribution in [0.15, 0.2) is 125 Å². The number of amides is 4. The van der Waals surface area contributed by atoms with E-state index in [1.165, 1.54) is 72.7 Å². The van der Waals surface area contributed by atoms with E-state index < -0.39 is 28.9 Å². The van der Waals surface area contributed by atoms with Gasteiger partial charge in [0.1, 0.15) is 16.8 Å². The van der Waals surface area contributed by atoms with Crippen LogP contribution in [0.25, 0.3) is 0 Å². The predicted molar refractivity (Wildman–Crippen MR) is 531 cm³/mol. The lowest BCUT2D eigenvalue weighted by Crippen LogP contribution is -2.42. The van der Waals surface area contributed by atoms with Gasteiger partial charge in [0.15, 0.2) is 6.29 Å². The van der Waals surface area contributed by atoms with E-state index in [4.69, 9.17) is 101 Å². The molecule has 706 valence electrons. The Balaban J connectivity index is 0.000000176. The van der Waals surface area contributed by atoms with Gasteiger partial charge in [0.05, 0.1) is 109 Å². The Morgan fingerprint density at radius 2 is 0.718 bits per heavy atom. The number of halogens is 9. The molecular formula is C94H115Cl6F3N16O8S4. The maximum Gasteiger partial charge on any atom is 0.471 e. The third kappa shape index (κ3) is 32.1. The molecule has 10 aromatic rings. The molecule has 131 heavy (non-hydrogen) atoms. The largest absolute Gasteiger partial charge is 0.471 e. The zero-order valence-electron chi connectivity index (χ0n) is 74.1. The minimum absolute atomic E-state index is 0. The van der Waals surface area contributed by atoms with Crippen molar-refractivity contribution in [3.8, 4) is 0 Å². The molecule has 10 heterocycles.